The molecule has 0 aromatic heterocycles. The molecule has 0 aliphatic rings. The van der Waals surface area contributed by atoms with Crippen LogP contribution in [0.2, 0.25) is 0 Å². The lowest BCUT2D eigenvalue weighted by Crippen LogP contribution is -2.30. The molecule has 0 heterocycles. The molecule has 5 atom stereocenters. The van der Waals surface area contributed by atoms with Crippen molar-refractivity contribution < 1.29 is 80.2 Å². The van der Waals surface area contributed by atoms with Gasteiger partial charge in [0.05, 0.1) is 26.4 Å². The number of hydrogen-bond acceptors (Lipinski definition) is 15. The lowest BCUT2D eigenvalue weighted by molar-refractivity contribution is -0.161. The number of carbonyl (C=O) groups excluding carboxylic acids is 4. The molecule has 0 rings (SSSR count). The maximum absolute atomic E-state index is 13.0. The van der Waals surface area contributed by atoms with E-state index in [-0.39, 0.29) is 25.7 Å². The summed E-state index contributed by atoms with van der Waals surface area (Å²) in [4.78, 5) is 72.2. The lowest BCUT2D eigenvalue weighted by atomic mass is 10.0. The first kappa shape index (κ1) is 82.1. The maximum atomic E-state index is 13.0. The van der Waals surface area contributed by atoms with Crippen molar-refractivity contribution in [3.8, 4) is 0 Å². The minimum atomic E-state index is -4.95. The Hall–Kier alpha value is -1.94. The van der Waals surface area contributed by atoms with E-state index in [9.17, 15) is 43.2 Å². The van der Waals surface area contributed by atoms with E-state index in [4.69, 9.17) is 37.0 Å². The van der Waals surface area contributed by atoms with Gasteiger partial charge in [-0.2, -0.15) is 0 Å². The average molecular weight is 1240 g/mol. The summed E-state index contributed by atoms with van der Waals surface area (Å²) in [5, 5.41) is 10.5. The van der Waals surface area contributed by atoms with Crippen LogP contribution < -0.4 is 0 Å². The van der Waals surface area contributed by atoms with E-state index in [0.29, 0.717) is 25.7 Å². The van der Waals surface area contributed by atoms with Crippen molar-refractivity contribution in [2.45, 2.75) is 342 Å². The summed E-state index contributed by atoms with van der Waals surface area (Å²) in [6.45, 7) is 9.46. The van der Waals surface area contributed by atoms with E-state index in [0.717, 1.165) is 108 Å². The number of ether oxygens (including phenoxy) is 4. The number of aliphatic hydroxyl groups excluding tert-OH is 1. The van der Waals surface area contributed by atoms with E-state index in [1.54, 1.807) is 0 Å². The quantitative estimate of drug-likeness (QED) is 0.0222. The number of aliphatic hydroxyl groups is 1. The van der Waals surface area contributed by atoms with Crippen LogP contribution in [0, 0.1) is 11.8 Å². The number of unbranched alkanes of at least 4 members (excludes halogenated alkanes) is 34. The summed E-state index contributed by atoms with van der Waals surface area (Å²) in [7, 11) is -9.89. The van der Waals surface area contributed by atoms with Gasteiger partial charge in [-0.05, 0) is 37.5 Å². The molecule has 0 radical (unpaired) electrons. The molecular weight excluding hydrogens is 1110 g/mol. The van der Waals surface area contributed by atoms with E-state index in [1.807, 2.05) is 0 Å². The second kappa shape index (κ2) is 57.5. The van der Waals surface area contributed by atoms with Crippen LogP contribution in [0.1, 0.15) is 324 Å². The zero-order valence-electron chi connectivity index (χ0n) is 54.2. The predicted octanol–water partition coefficient (Wildman–Crippen LogP) is 18.0. The molecule has 3 N–H and O–H groups in total. The number of hydrogen-bond donors (Lipinski definition) is 3. The summed E-state index contributed by atoms with van der Waals surface area (Å²) >= 11 is 0. The summed E-state index contributed by atoms with van der Waals surface area (Å²) < 4.78 is 68.0. The highest BCUT2D eigenvalue weighted by Crippen LogP contribution is 2.45. The van der Waals surface area contributed by atoms with Crippen LogP contribution in [0.15, 0.2) is 0 Å². The zero-order valence-corrected chi connectivity index (χ0v) is 56.0. The van der Waals surface area contributed by atoms with Gasteiger partial charge in [0.15, 0.2) is 12.2 Å². The highest BCUT2D eigenvalue weighted by Gasteiger charge is 2.30. The highest BCUT2D eigenvalue weighted by molar-refractivity contribution is 7.47. The Morgan fingerprint density at radius 1 is 0.321 bits per heavy atom. The van der Waals surface area contributed by atoms with E-state index in [2.05, 4.69) is 41.5 Å². The van der Waals surface area contributed by atoms with Crippen LogP contribution in [0.5, 0.6) is 0 Å². The second-order valence-corrected chi connectivity index (χ2v) is 27.4. The Bertz CT molecular complexity index is 1650. The van der Waals surface area contributed by atoms with E-state index in [1.165, 1.54) is 135 Å². The normalized spacial score (nSPS) is 14.3. The summed E-state index contributed by atoms with van der Waals surface area (Å²) in [6, 6.07) is 0. The van der Waals surface area contributed by atoms with Gasteiger partial charge < -0.3 is 33.8 Å². The van der Waals surface area contributed by atoms with Gasteiger partial charge in [0, 0.05) is 25.7 Å². The van der Waals surface area contributed by atoms with E-state index < -0.39 is 97.5 Å². The van der Waals surface area contributed by atoms with Crippen LogP contribution in [-0.4, -0.2) is 96.7 Å². The Morgan fingerprint density at radius 3 is 0.810 bits per heavy atom. The molecule has 0 saturated carbocycles. The van der Waals surface area contributed by atoms with Gasteiger partial charge in [-0.3, -0.25) is 37.3 Å². The molecule has 0 aromatic carbocycles. The molecular formula is C65H126O17P2. The minimum absolute atomic E-state index is 0.106. The smallest absolute Gasteiger partial charge is 0.462 e. The van der Waals surface area contributed by atoms with Crippen molar-refractivity contribution in [2.75, 3.05) is 39.6 Å². The summed E-state index contributed by atoms with van der Waals surface area (Å²) in [6.07, 6.45) is 40.3. The fourth-order valence-corrected chi connectivity index (χ4v) is 11.3. The minimum Gasteiger partial charge on any atom is -0.462 e. The van der Waals surface area contributed by atoms with Crippen molar-refractivity contribution in [3.05, 3.63) is 0 Å². The first-order valence-corrected chi connectivity index (χ1v) is 37.0. The van der Waals surface area contributed by atoms with Gasteiger partial charge in [0.1, 0.15) is 19.3 Å². The molecule has 0 fully saturated rings. The molecule has 0 amide bonds. The van der Waals surface area contributed by atoms with Crippen LogP contribution in [0.25, 0.3) is 0 Å². The lowest BCUT2D eigenvalue weighted by Gasteiger charge is -2.21. The third-order valence-electron chi connectivity index (χ3n) is 15.0. The first-order chi connectivity index (χ1) is 40.4. The van der Waals surface area contributed by atoms with Gasteiger partial charge in [-0.25, -0.2) is 9.13 Å². The van der Waals surface area contributed by atoms with Crippen LogP contribution in [-0.2, 0) is 65.4 Å². The Kier molecular flexibility index (Phi) is 56.2. The molecule has 0 saturated heterocycles. The first-order valence-electron chi connectivity index (χ1n) is 34.0. The molecule has 84 heavy (non-hydrogen) atoms. The average Bonchev–Trinajstić information content (AvgIpc) is 3.48. The Morgan fingerprint density at radius 2 is 0.548 bits per heavy atom. The van der Waals surface area contributed by atoms with Crippen molar-refractivity contribution in [1.29, 1.82) is 0 Å². The molecule has 0 bridgehead atoms. The molecule has 2 unspecified atom stereocenters. The highest BCUT2D eigenvalue weighted by atomic mass is 31.2. The van der Waals surface area contributed by atoms with Crippen molar-refractivity contribution >= 4 is 39.5 Å². The van der Waals surface area contributed by atoms with E-state index >= 15 is 0 Å². The fourth-order valence-electron chi connectivity index (χ4n) is 9.71. The monoisotopic (exact) mass is 1240 g/mol. The fraction of sp³-hybridized carbons (Fsp3) is 0.938. The second-order valence-electron chi connectivity index (χ2n) is 24.5. The molecule has 0 aliphatic heterocycles. The SMILES string of the molecule is CCCCCCCCCCCCC(=O)O[C@H](COC(=O)CCCCCCCCCC)COP(=O)(O)OC[C@H](O)COP(=O)(O)OC[C@@H](COC(=O)CCCCCCCCCCCCC(C)C)OC(=O)CCCCCCCCCCCCC(C)C. The third kappa shape index (κ3) is 59.0. The Balaban J connectivity index is 5.23. The number of rotatable bonds is 64. The summed E-state index contributed by atoms with van der Waals surface area (Å²) in [5.41, 5.74) is 0. The van der Waals surface area contributed by atoms with Crippen molar-refractivity contribution in [1.82, 2.24) is 0 Å². The van der Waals surface area contributed by atoms with Crippen molar-refractivity contribution in [2.24, 2.45) is 11.8 Å². The zero-order chi connectivity index (χ0) is 62.2. The standard InChI is InChI=1S/C65H126O17P2/c1-7-9-11-13-15-17-24-31-37-43-49-64(69)81-60(53-75-62(67)47-41-35-29-16-14-12-10-8-2)55-79-83(71,72)77-51-59(66)52-78-84(73,74)80-56-61(82-65(70)50-44-38-32-26-21-19-23-28-34-40-46-58(5)6)54-76-63(68)48-42-36-30-25-20-18-22-27-33-39-45-57(3)4/h57-61,66H,7-56H2,1-6H3,(H,71,72)(H,73,74)/t59-,60+,61+/m0/s1. The molecule has 498 valence electrons. The molecule has 19 heteroatoms. The van der Waals surface area contributed by atoms with Crippen LogP contribution >= 0.6 is 15.6 Å². The molecule has 0 spiro atoms. The van der Waals surface area contributed by atoms with Gasteiger partial charge >= 0.3 is 39.5 Å². The van der Waals surface area contributed by atoms with Gasteiger partial charge in [-0.1, -0.05) is 273 Å². The summed E-state index contributed by atoms with van der Waals surface area (Å²) in [5.74, 6) is -0.623. The molecule has 17 nitrogen and oxygen atoms in total. The Labute approximate surface area is 511 Å². The molecule has 0 aliphatic carbocycles. The maximum Gasteiger partial charge on any atom is 0.472 e. The van der Waals surface area contributed by atoms with Crippen molar-refractivity contribution in [3.63, 3.8) is 0 Å². The van der Waals surface area contributed by atoms with Gasteiger partial charge in [0.25, 0.3) is 0 Å². The topological polar surface area (TPSA) is 237 Å². The van der Waals surface area contributed by atoms with Gasteiger partial charge in [-0.15, -0.1) is 0 Å². The number of carbonyl (C=O) groups is 4. The van der Waals surface area contributed by atoms with Crippen LogP contribution in [0.3, 0.4) is 0 Å². The molecule has 0 aromatic rings. The van der Waals surface area contributed by atoms with Gasteiger partial charge in [0.2, 0.25) is 0 Å². The number of esters is 4. The third-order valence-corrected chi connectivity index (χ3v) is 16.9. The number of phosphoric acid groups is 2. The predicted molar refractivity (Wildman–Crippen MR) is 335 cm³/mol. The largest absolute Gasteiger partial charge is 0.472 e. The number of phosphoric ester groups is 2. The van der Waals surface area contributed by atoms with Crippen LogP contribution in [0.4, 0.5) is 0 Å².